The molecule has 1 aliphatic rings. The smallest absolute Gasteiger partial charge is 0.242 e. The van der Waals surface area contributed by atoms with Crippen LogP contribution in [-0.2, 0) is 17.9 Å². The standard InChI is InChI=1S/C18H25FN6O2/c19-15-7-3-4-8-16(15)27-12-9-20-18(26)14-25-17(21-22-23-25)13-24-10-5-1-2-6-11-24/h3-4,7-8H,1-2,5-6,9-14H2,(H,20,26). The summed E-state index contributed by atoms with van der Waals surface area (Å²) in [6, 6.07) is 6.17. The molecule has 2 aromatic rings. The van der Waals surface area contributed by atoms with Crippen LogP contribution in [-0.4, -0.2) is 57.3 Å². The van der Waals surface area contributed by atoms with Gasteiger partial charge in [-0.3, -0.25) is 9.69 Å². The summed E-state index contributed by atoms with van der Waals surface area (Å²) < 4.78 is 20.3. The van der Waals surface area contributed by atoms with Crippen LogP contribution in [0.15, 0.2) is 24.3 Å². The SMILES string of the molecule is O=C(Cn1nnnc1CN1CCCCCC1)NCCOc1ccccc1F. The van der Waals surface area contributed by atoms with E-state index in [1.165, 1.54) is 36.4 Å². The van der Waals surface area contributed by atoms with Crippen molar-refractivity contribution in [2.75, 3.05) is 26.2 Å². The number of rotatable bonds is 8. The number of ether oxygens (including phenoxy) is 1. The third-order valence-corrected chi connectivity index (χ3v) is 4.48. The Morgan fingerprint density at radius 1 is 1.19 bits per heavy atom. The first-order chi connectivity index (χ1) is 13.2. The molecule has 1 amide bonds. The fourth-order valence-electron chi connectivity index (χ4n) is 3.06. The topological polar surface area (TPSA) is 85.2 Å². The van der Waals surface area contributed by atoms with Gasteiger partial charge in [0.25, 0.3) is 0 Å². The van der Waals surface area contributed by atoms with Gasteiger partial charge in [0.15, 0.2) is 17.4 Å². The van der Waals surface area contributed by atoms with Crippen LogP contribution in [0.3, 0.4) is 0 Å². The number of hydrogen-bond donors (Lipinski definition) is 1. The van der Waals surface area contributed by atoms with Crippen LogP contribution in [0.2, 0.25) is 0 Å². The predicted molar refractivity (Wildman–Crippen MR) is 96.5 cm³/mol. The van der Waals surface area contributed by atoms with E-state index in [1.54, 1.807) is 18.2 Å². The van der Waals surface area contributed by atoms with E-state index in [1.807, 2.05) is 0 Å². The summed E-state index contributed by atoms with van der Waals surface area (Å²) in [6.07, 6.45) is 4.89. The number of halogens is 1. The molecule has 1 aromatic carbocycles. The van der Waals surface area contributed by atoms with Crippen LogP contribution in [0.5, 0.6) is 5.75 Å². The lowest BCUT2D eigenvalue weighted by atomic mass is 10.2. The fourth-order valence-corrected chi connectivity index (χ4v) is 3.06. The molecular weight excluding hydrogens is 351 g/mol. The highest BCUT2D eigenvalue weighted by Crippen LogP contribution is 2.14. The lowest BCUT2D eigenvalue weighted by Gasteiger charge is -2.18. The summed E-state index contributed by atoms with van der Waals surface area (Å²) in [5.41, 5.74) is 0. The molecule has 0 aliphatic carbocycles. The van der Waals surface area contributed by atoms with Gasteiger partial charge in [0, 0.05) is 0 Å². The van der Waals surface area contributed by atoms with E-state index >= 15 is 0 Å². The van der Waals surface area contributed by atoms with Gasteiger partial charge in [-0.2, -0.15) is 0 Å². The molecule has 8 nitrogen and oxygen atoms in total. The van der Waals surface area contributed by atoms with Crippen molar-refractivity contribution >= 4 is 5.91 Å². The molecule has 27 heavy (non-hydrogen) atoms. The van der Waals surface area contributed by atoms with Crippen LogP contribution < -0.4 is 10.1 Å². The maximum atomic E-state index is 13.4. The Labute approximate surface area is 157 Å². The number of tetrazole rings is 1. The summed E-state index contributed by atoms with van der Waals surface area (Å²) in [6.45, 7) is 3.23. The van der Waals surface area contributed by atoms with Crippen LogP contribution in [0.1, 0.15) is 31.5 Å². The minimum absolute atomic E-state index is 0.0515. The van der Waals surface area contributed by atoms with Gasteiger partial charge in [-0.15, -0.1) is 5.10 Å². The number of benzene rings is 1. The molecule has 2 heterocycles. The van der Waals surface area contributed by atoms with Gasteiger partial charge in [-0.25, -0.2) is 9.07 Å². The Kier molecular flexibility index (Phi) is 7.09. The molecule has 0 bridgehead atoms. The number of para-hydroxylation sites is 1. The Balaban J connectivity index is 1.41. The molecule has 0 atom stereocenters. The highest BCUT2D eigenvalue weighted by Gasteiger charge is 2.15. The van der Waals surface area contributed by atoms with E-state index in [-0.39, 0.29) is 31.4 Å². The summed E-state index contributed by atoms with van der Waals surface area (Å²) in [7, 11) is 0. The van der Waals surface area contributed by atoms with Crippen LogP contribution in [0.25, 0.3) is 0 Å². The third-order valence-electron chi connectivity index (χ3n) is 4.48. The number of amides is 1. The highest BCUT2D eigenvalue weighted by molar-refractivity contribution is 5.75. The summed E-state index contributed by atoms with van der Waals surface area (Å²) >= 11 is 0. The van der Waals surface area contributed by atoms with Crippen molar-refractivity contribution in [3.8, 4) is 5.75 Å². The molecule has 146 valence electrons. The number of nitrogens with zero attached hydrogens (tertiary/aromatic N) is 5. The average molecular weight is 376 g/mol. The monoisotopic (exact) mass is 376 g/mol. The van der Waals surface area contributed by atoms with E-state index in [9.17, 15) is 9.18 Å². The van der Waals surface area contributed by atoms with Gasteiger partial charge in [0.05, 0.1) is 13.1 Å². The van der Waals surface area contributed by atoms with Crippen molar-refractivity contribution in [2.45, 2.75) is 38.8 Å². The van der Waals surface area contributed by atoms with Crippen molar-refractivity contribution in [3.05, 3.63) is 35.9 Å². The average Bonchev–Trinajstić information content (AvgIpc) is 2.92. The van der Waals surface area contributed by atoms with Crippen LogP contribution >= 0.6 is 0 Å². The van der Waals surface area contributed by atoms with Gasteiger partial charge < -0.3 is 10.1 Å². The predicted octanol–water partition coefficient (Wildman–Crippen LogP) is 1.38. The maximum absolute atomic E-state index is 13.4. The van der Waals surface area contributed by atoms with Gasteiger partial charge in [0.2, 0.25) is 5.91 Å². The molecule has 0 unspecified atom stereocenters. The molecule has 1 N–H and O–H groups in total. The quantitative estimate of drug-likeness (QED) is 0.701. The van der Waals surface area contributed by atoms with Crippen molar-refractivity contribution in [1.82, 2.24) is 30.4 Å². The molecular formula is C18H25FN6O2. The van der Waals surface area contributed by atoms with Crippen LogP contribution in [0, 0.1) is 5.82 Å². The first-order valence-corrected chi connectivity index (χ1v) is 9.34. The van der Waals surface area contributed by atoms with E-state index in [4.69, 9.17) is 4.74 Å². The molecule has 0 radical (unpaired) electrons. The normalized spacial score (nSPS) is 15.3. The van der Waals surface area contributed by atoms with E-state index in [2.05, 4.69) is 25.7 Å². The molecule has 1 aromatic heterocycles. The molecule has 0 saturated carbocycles. The van der Waals surface area contributed by atoms with Gasteiger partial charge >= 0.3 is 0 Å². The van der Waals surface area contributed by atoms with Crippen molar-refractivity contribution < 1.29 is 13.9 Å². The Hall–Kier alpha value is -2.55. The zero-order valence-corrected chi connectivity index (χ0v) is 15.3. The fraction of sp³-hybridized carbons (Fsp3) is 0.556. The lowest BCUT2D eigenvalue weighted by molar-refractivity contribution is -0.122. The Morgan fingerprint density at radius 2 is 1.96 bits per heavy atom. The molecule has 1 aliphatic heterocycles. The number of carbonyl (C=O) groups excluding carboxylic acids is 1. The minimum Gasteiger partial charge on any atom is -0.489 e. The molecule has 9 heteroatoms. The number of hydrogen-bond acceptors (Lipinski definition) is 6. The van der Waals surface area contributed by atoms with Crippen molar-refractivity contribution in [1.29, 1.82) is 0 Å². The summed E-state index contributed by atoms with van der Waals surface area (Å²) in [4.78, 5) is 14.4. The van der Waals surface area contributed by atoms with Crippen molar-refractivity contribution in [2.24, 2.45) is 0 Å². The Morgan fingerprint density at radius 3 is 2.74 bits per heavy atom. The first-order valence-electron chi connectivity index (χ1n) is 9.34. The summed E-state index contributed by atoms with van der Waals surface area (Å²) in [5, 5.41) is 14.4. The van der Waals surface area contributed by atoms with Gasteiger partial charge in [0.1, 0.15) is 13.2 Å². The van der Waals surface area contributed by atoms with Gasteiger partial charge in [-0.1, -0.05) is 25.0 Å². The second-order valence-corrected chi connectivity index (χ2v) is 6.57. The highest BCUT2D eigenvalue weighted by atomic mass is 19.1. The van der Waals surface area contributed by atoms with E-state index < -0.39 is 5.82 Å². The minimum atomic E-state index is -0.421. The molecule has 1 saturated heterocycles. The van der Waals surface area contributed by atoms with E-state index in [0.717, 1.165) is 13.1 Å². The molecule has 0 spiro atoms. The largest absolute Gasteiger partial charge is 0.489 e. The van der Waals surface area contributed by atoms with Crippen LogP contribution in [0.4, 0.5) is 4.39 Å². The number of nitrogens with one attached hydrogen (secondary N) is 1. The second kappa shape index (κ2) is 9.96. The van der Waals surface area contributed by atoms with Crippen molar-refractivity contribution in [3.63, 3.8) is 0 Å². The third kappa shape index (κ3) is 5.99. The number of aromatic nitrogens is 4. The number of likely N-dealkylation sites (tertiary alicyclic amines) is 1. The zero-order valence-electron chi connectivity index (χ0n) is 15.3. The Bertz CT molecular complexity index is 730. The zero-order chi connectivity index (χ0) is 18.9. The van der Waals surface area contributed by atoms with E-state index in [0.29, 0.717) is 12.4 Å². The molecule has 1 fully saturated rings. The lowest BCUT2D eigenvalue weighted by Crippen LogP contribution is -2.33. The molecule has 3 rings (SSSR count). The second-order valence-electron chi connectivity index (χ2n) is 6.57. The van der Waals surface area contributed by atoms with Gasteiger partial charge in [-0.05, 0) is 48.5 Å². The number of carbonyl (C=O) groups is 1. The summed E-state index contributed by atoms with van der Waals surface area (Å²) in [5.74, 6) is 0.230. The first kappa shape index (κ1) is 19.2. The maximum Gasteiger partial charge on any atom is 0.242 e.